The fourth-order valence-electron chi connectivity index (χ4n) is 8.32. The molecule has 0 radical (unpaired) electrons. The highest BCUT2D eigenvalue weighted by Crippen LogP contribution is 2.68. The lowest BCUT2D eigenvalue weighted by atomic mass is 9.46. The smallest absolute Gasteiger partial charge is 0.159 e. The molecule has 0 bridgehead atoms. The number of carbonyl (C=O) groups is 1. The first-order valence-corrected chi connectivity index (χ1v) is 13.1. The highest BCUT2D eigenvalue weighted by Gasteiger charge is 2.67. The van der Waals surface area contributed by atoms with Gasteiger partial charge >= 0.3 is 0 Å². The molecule has 0 saturated heterocycles. The average molecular weight is 481 g/mol. The molecule has 3 unspecified atom stereocenters. The number of ketones is 1. The van der Waals surface area contributed by atoms with E-state index in [-0.39, 0.29) is 42.5 Å². The van der Waals surface area contributed by atoms with Crippen LogP contribution in [0.15, 0.2) is 11.6 Å². The van der Waals surface area contributed by atoms with Crippen molar-refractivity contribution in [1.82, 2.24) is 0 Å². The molecular weight excluding hydrogens is 436 g/mol. The molecule has 7 heteroatoms. The predicted molar refractivity (Wildman–Crippen MR) is 127 cm³/mol. The maximum Gasteiger partial charge on any atom is 0.159 e. The maximum atomic E-state index is 13.2. The third-order valence-corrected chi connectivity index (χ3v) is 10.8. The standard InChI is InChI=1S/C27H44O7/c1-15(20(29)7-8-24(2,33)14-28)16-6-10-27(34)18-11-21(30)19-12-22(31)23(32)13-25(19,3)17(18)5-9-26(16,27)4/h11,15-17,19-20,22-23,28-29,31-34H,5-10,12-14H2,1-4H3/t15?,16-,17?,19+,20-,22-,23+,24?,25-,26-,27-/m1/s1. The van der Waals surface area contributed by atoms with Crippen LogP contribution in [-0.4, -0.2) is 72.5 Å². The Balaban J connectivity index is 1.60. The molecule has 0 aromatic heterocycles. The number of aliphatic hydroxyl groups excluding tert-OH is 4. The largest absolute Gasteiger partial charge is 0.393 e. The lowest BCUT2D eigenvalue weighted by Gasteiger charge is -2.60. The second-order valence-corrected chi connectivity index (χ2v) is 12.8. The normalized spacial score (nSPS) is 47.6. The molecule has 11 atom stereocenters. The van der Waals surface area contributed by atoms with Gasteiger partial charge in [-0.05, 0) is 93.1 Å². The van der Waals surface area contributed by atoms with Crippen molar-refractivity contribution in [3.05, 3.63) is 11.6 Å². The van der Waals surface area contributed by atoms with Crippen molar-refractivity contribution in [2.75, 3.05) is 6.61 Å². The van der Waals surface area contributed by atoms with Crippen LogP contribution in [0.1, 0.15) is 79.1 Å². The van der Waals surface area contributed by atoms with E-state index < -0.39 is 40.3 Å². The fraction of sp³-hybridized carbons (Fsp3) is 0.889. The number of aliphatic hydroxyl groups is 6. The van der Waals surface area contributed by atoms with Crippen LogP contribution in [-0.2, 0) is 4.79 Å². The minimum atomic E-state index is -1.23. The molecule has 0 aliphatic heterocycles. The van der Waals surface area contributed by atoms with E-state index in [4.69, 9.17) is 0 Å². The Morgan fingerprint density at radius 1 is 1.15 bits per heavy atom. The van der Waals surface area contributed by atoms with E-state index in [0.29, 0.717) is 25.7 Å². The van der Waals surface area contributed by atoms with Crippen molar-refractivity contribution in [3.8, 4) is 0 Å². The molecule has 0 heterocycles. The summed E-state index contributed by atoms with van der Waals surface area (Å²) in [6.45, 7) is 7.34. The van der Waals surface area contributed by atoms with Gasteiger partial charge in [-0.25, -0.2) is 0 Å². The third-order valence-electron chi connectivity index (χ3n) is 10.8. The Bertz CT molecular complexity index is 839. The molecule has 0 aromatic rings. The molecule has 3 saturated carbocycles. The Hall–Kier alpha value is -0.830. The minimum absolute atomic E-state index is 0.0194. The summed E-state index contributed by atoms with van der Waals surface area (Å²) in [7, 11) is 0. The van der Waals surface area contributed by atoms with Gasteiger partial charge in [0, 0.05) is 11.3 Å². The van der Waals surface area contributed by atoms with E-state index in [1.165, 1.54) is 0 Å². The number of hydrogen-bond donors (Lipinski definition) is 6. The highest BCUT2D eigenvalue weighted by atomic mass is 16.3. The fourth-order valence-corrected chi connectivity index (χ4v) is 8.32. The predicted octanol–water partition coefficient (Wildman–Crippen LogP) is 1.71. The molecule has 34 heavy (non-hydrogen) atoms. The van der Waals surface area contributed by atoms with Gasteiger partial charge in [-0.3, -0.25) is 4.79 Å². The molecule has 4 aliphatic rings. The highest BCUT2D eigenvalue weighted by molar-refractivity contribution is 5.95. The van der Waals surface area contributed by atoms with Crippen molar-refractivity contribution in [2.24, 2.45) is 34.5 Å². The molecule has 4 rings (SSSR count). The van der Waals surface area contributed by atoms with Crippen LogP contribution in [0.2, 0.25) is 0 Å². The second kappa shape index (κ2) is 8.63. The van der Waals surface area contributed by atoms with Crippen molar-refractivity contribution >= 4 is 5.78 Å². The van der Waals surface area contributed by atoms with Crippen molar-refractivity contribution < 1.29 is 35.4 Å². The molecule has 4 aliphatic carbocycles. The van der Waals surface area contributed by atoms with E-state index >= 15 is 0 Å². The van der Waals surface area contributed by atoms with Gasteiger partial charge in [0.1, 0.15) is 0 Å². The van der Waals surface area contributed by atoms with Crippen LogP contribution in [0.4, 0.5) is 0 Å². The van der Waals surface area contributed by atoms with Gasteiger partial charge < -0.3 is 30.6 Å². The zero-order valence-corrected chi connectivity index (χ0v) is 21.1. The molecule has 0 spiro atoms. The van der Waals surface area contributed by atoms with Gasteiger partial charge in [0.25, 0.3) is 0 Å². The van der Waals surface area contributed by atoms with Crippen LogP contribution in [0.25, 0.3) is 0 Å². The monoisotopic (exact) mass is 480 g/mol. The van der Waals surface area contributed by atoms with E-state index in [0.717, 1.165) is 24.8 Å². The van der Waals surface area contributed by atoms with Crippen LogP contribution in [0, 0.1) is 34.5 Å². The Labute approximate surface area is 202 Å². The molecule has 7 nitrogen and oxygen atoms in total. The summed E-state index contributed by atoms with van der Waals surface area (Å²) < 4.78 is 0. The Morgan fingerprint density at radius 2 is 1.82 bits per heavy atom. The van der Waals surface area contributed by atoms with Gasteiger partial charge in [-0.15, -0.1) is 0 Å². The van der Waals surface area contributed by atoms with Gasteiger partial charge in [0.15, 0.2) is 5.78 Å². The van der Waals surface area contributed by atoms with Gasteiger partial charge in [0.2, 0.25) is 0 Å². The number of hydrogen-bond acceptors (Lipinski definition) is 7. The number of allylic oxidation sites excluding steroid dienone is 1. The minimum Gasteiger partial charge on any atom is -0.393 e. The first-order valence-electron chi connectivity index (χ1n) is 13.1. The van der Waals surface area contributed by atoms with E-state index in [9.17, 15) is 35.4 Å². The summed E-state index contributed by atoms with van der Waals surface area (Å²) in [6, 6.07) is 0. The van der Waals surface area contributed by atoms with E-state index in [1.807, 2.05) is 13.8 Å². The lowest BCUT2D eigenvalue weighted by molar-refractivity contribution is -0.154. The third kappa shape index (κ3) is 3.82. The SMILES string of the molecule is CC([C@H](O)CCC(C)(O)CO)[C@H]1CC[C@@]2(O)C3=CC(=O)[C@@H]4C[C@@H](O)[C@@H](O)C[C@]4(C)C3CC[C@]12C. The van der Waals surface area contributed by atoms with Gasteiger partial charge in [-0.2, -0.15) is 0 Å². The number of fused-ring (bicyclic) bond motifs is 5. The molecule has 0 aromatic carbocycles. The molecule has 0 amide bonds. The summed E-state index contributed by atoms with van der Waals surface area (Å²) in [5.74, 6) is -0.480. The summed E-state index contributed by atoms with van der Waals surface area (Å²) >= 11 is 0. The van der Waals surface area contributed by atoms with E-state index in [1.54, 1.807) is 13.0 Å². The quantitative estimate of drug-likeness (QED) is 0.340. The van der Waals surface area contributed by atoms with Crippen LogP contribution >= 0.6 is 0 Å². The lowest BCUT2D eigenvalue weighted by Crippen LogP contribution is -2.61. The first-order chi connectivity index (χ1) is 15.7. The van der Waals surface area contributed by atoms with Gasteiger partial charge in [0.05, 0.1) is 36.1 Å². The van der Waals surface area contributed by atoms with Gasteiger partial charge in [-0.1, -0.05) is 20.8 Å². The van der Waals surface area contributed by atoms with Crippen LogP contribution < -0.4 is 0 Å². The first kappa shape index (κ1) is 26.2. The topological polar surface area (TPSA) is 138 Å². The van der Waals surface area contributed by atoms with Crippen molar-refractivity contribution in [3.63, 3.8) is 0 Å². The number of carbonyl (C=O) groups excluding carboxylic acids is 1. The van der Waals surface area contributed by atoms with Crippen LogP contribution in [0.3, 0.4) is 0 Å². The maximum absolute atomic E-state index is 13.2. The molecular formula is C27H44O7. The summed E-state index contributed by atoms with van der Waals surface area (Å²) in [6.07, 6.45) is 3.32. The summed E-state index contributed by atoms with van der Waals surface area (Å²) in [4.78, 5) is 13.2. The van der Waals surface area contributed by atoms with Crippen molar-refractivity contribution in [1.29, 1.82) is 0 Å². The molecule has 3 fully saturated rings. The summed E-state index contributed by atoms with van der Waals surface area (Å²) in [5, 5.41) is 63.3. The Kier molecular flexibility index (Phi) is 6.66. The molecule has 6 N–H and O–H groups in total. The summed E-state index contributed by atoms with van der Waals surface area (Å²) in [5.41, 5.74) is -2.56. The number of rotatable bonds is 6. The zero-order chi connectivity index (χ0) is 25.3. The van der Waals surface area contributed by atoms with Crippen molar-refractivity contribution in [2.45, 2.75) is 109 Å². The van der Waals surface area contributed by atoms with E-state index in [2.05, 4.69) is 6.92 Å². The van der Waals surface area contributed by atoms with Crippen LogP contribution in [0.5, 0.6) is 0 Å². The average Bonchev–Trinajstić information content (AvgIpc) is 3.05. The second-order valence-electron chi connectivity index (χ2n) is 12.8. The zero-order valence-electron chi connectivity index (χ0n) is 21.1. The molecule has 194 valence electrons. The Morgan fingerprint density at radius 3 is 2.47 bits per heavy atom.